The molecule has 0 fully saturated rings. The van der Waals surface area contributed by atoms with Crippen molar-refractivity contribution in [1.29, 1.82) is 0 Å². The average molecular weight is 327 g/mol. The van der Waals surface area contributed by atoms with Gasteiger partial charge in [0.25, 0.3) is 0 Å². The number of amides is 1. The molecule has 0 aliphatic carbocycles. The minimum absolute atomic E-state index is 0.0497. The van der Waals surface area contributed by atoms with Crippen LogP contribution in [0.3, 0.4) is 0 Å². The molecule has 2 rings (SSSR count). The van der Waals surface area contributed by atoms with Crippen LogP contribution < -0.4 is 10.1 Å². The van der Waals surface area contributed by atoms with Crippen molar-refractivity contribution in [2.24, 2.45) is 5.92 Å². The number of hydrogen-bond donors (Lipinski definition) is 2. The van der Waals surface area contributed by atoms with Crippen LogP contribution in [0.4, 0.5) is 0 Å². The lowest BCUT2D eigenvalue weighted by atomic mass is 10.1. The highest BCUT2D eigenvalue weighted by atomic mass is 16.5. The van der Waals surface area contributed by atoms with Gasteiger partial charge in [-0.25, -0.2) is 0 Å². The highest BCUT2D eigenvalue weighted by Gasteiger charge is 2.07. The standard InChI is InChI=1S/C20H25NO3/c1-15(13-22)12-21-20(23)11-17-7-5-9-19(10-17)24-14-18-8-4-3-6-16(18)2/h3-10,15,22H,11-14H2,1-2H3,(H,21,23). The summed E-state index contributed by atoms with van der Waals surface area (Å²) in [6.45, 7) is 5.02. The van der Waals surface area contributed by atoms with E-state index in [0.717, 1.165) is 16.9 Å². The lowest BCUT2D eigenvalue weighted by Crippen LogP contribution is -2.30. The average Bonchev–Trinajstić information content (AvgIpc) is 2.59. The van der Waals surface area contributed by atoms with Crippen molar-refractivity contribution in [2.75, 3.05) is 13.2 Å². The molecule has 4 heteroatoms. The summed E-state index contributed by atoms with van der Waals surface area (Å²) in [6, 6.07) is 15.7. The van der Waals surface area contributed by atoms with Crippen molar-refractivity contribution >= 4 is 5.91 Å². The molecular weight excluding hydrogens is 302 g/mol. The van der Waals surface area contributed by atoms with E-state index in [1.807, 2.05) is 43.3 Å². The monoisotopic (exact) mass is 327 g/mol. The Morgan fingerprint density at radius 3 is 2.75 bits per heavy atom. The first-order chi connectivity index (χ1) is 11.6. The van der Waals surface area contributed by atoms with Gasteiger partial charge in [-0.3, -0.25) is 4.79 Å². The van der Waals surface area contributed by atoms with Crippen molar-refractivity contribution in [1.82, 2.24) is 5.32 Å². The second kappa shape index (κ2) is 9.08. The molecule has 0 radical (unpaired) electrons. The first-order valence-corrected chi connectivity index (χ1v) is 8.22. The van der Waals surface area contributed by atoms with Crippen LogP contribution in [0.1, 0.15) is 23.6 Å². The Kier molecular flexibility index (Phi) is 6.82. The Morgan fingerprint density at radius 1 is 1.21 bits per heavy atom. The SMILES string of the molecule is Cc1ccccc1COc1cccc(CC(=O)NCC(C)CO)c1. The zero-order valence-electron chi connectivity index (χ0n) is 14.3. The molecule has 0 saturated heterocycles. The van der Waals surface area contributed by atoms with Crippen LogP contribution >= 0.6 is 0 Å². The number of benzene rings is 2. The molecule has 0 heterocycles. The van der Waals surface area contributed by atoms with Crippen LogP contribution in [-0.2, 0) is 17.8 Å². The fraction of sp³-hybridized carbons (Fsp3) is 0.350. The van der Waals surface area contributed by atoms with Crippen LogP contribution in [0.25, 0.3) is 0 Å². The second-order valence-electron chi connectivity index (χ2n) is 6.13. The lowest BCUT2D eigenvalue weighted by Gasteiger charge is -2.11. The molecule has 2 aromatic rings. The van der Waals surface area contributed by atoms with E-state index in [1.54, 1.807) is 0 Å². The van der Waals surface area contributed by atoms with Crippen molar-refractivity contribution in [3.8, 4) is 5.75 Å². The number of aliphatic hydroxyl groups is 1. The zero-order chi connectivity index (χ0) is 17.4. The Balaban J connectivity index is 1.89. The molecule has 2 aromatic carbocycles. The summed E-state index contributed by atoms with van der Waals surface area (Å²) in [4.78, 5) is 11.9. The molecule has 0 bridgehead atoms. The van der Waals surface area contributed by atoms with Gasteiger partial charge in [-0.15, -0.1) is 0 Å². The van der Waals surface area contributed by atoms with E-state index in [2.05, 4.69) is 24.4 Å². The number of nitrogens with one attached hydrogen (secondary N) is 1. The third-order valence-electron chi connectivity index (χ3n) is 3.88. The lowest BCUT2D eigenvalue weighted by molar-refractivity contribution is -0.120. The highest BCUT2D eigenvalue weighted by molar-refractivity contribution is 5.78. The summed E-state index contributed by atoms with van der Waals surface area (Å²) < 4.78 is 5.85. The summed E-state index contributed by atoms with van der Waals surface area (Å²) in [5.41, 5.74) is 3.26. The third kappa shape index (κ3) is 5.70. The van der Waals surface area contributed by atoms with Gasteiger partial charge in [-0.05, 0) is 41.7 Å². The Labute approximate surface area is 143 Å². The summed E-state index contributed by atoms with van der Waals surface area (Å²) >= 11 is 0. The minimum Gasteiger partial charge on any atom is -0.489 e. The van der Waals surface area contributed by atoms with Crippen LogP contribution in [0.5, 0.6) is 5.75 Å². The molecule has 0 aliphatic rings. The Bertz CT molecular complexity index is 669. The number of rotatable bonds is 8. The molecule has 1 atom stereocenters. The quantitative estimate of drug-likeness (QED) is 0.784. The van der Waals surface area contributed by atoms with E-state index in [4.69, 9.17) is 9.84 Å². The molecule has 1 unspecified atom stereocenters. The molecule has 1 amide bonds. The number of ether oxygens (including phenoxy) is 1. The van der Waals surface area contributed by atoms with Gasteiger partial charge in [-0.1, -0.05) is 43.3 Å². The predicted molar refractivity (Wildman–Crippen MR) is 94.9 cm³/mol. The molecule has 0 aromatic heterocycles. The normalized spacial score (nSPS) is 11.8. The minimum atomic E-state index is -0.0497. The topological polar surface area (TPSA) is 58.6 Å². The van der Waals surface area contributed by atoms with E-state index in [9.17, 15) is 4.79 Å². The number of hydrogen-bond acceptors (Lipinski definition) is 3. The second-order valence-corrected chi connectivity index (χ2v) is 6.13. The summed E-state index contributed by atoms with van der Waals surface area (Å²) in [5, 5.41) is 11.8. The van der Waals surface area contributed by atoms with Crippen molar-refractivity contribution < 1.29 is 14.6 Å². The van der Waals surface area contributed by atoms with Crippen LogP contribution in [-0.4, -0.2) is 24.2 Å². The summed E-state index contributed by atoms with van der Waals surface area (Å²) in [5.74, 6) is 0.774. The van der Waals surface area contributed by atoms with Crippen molar-refractivity contribution in [3.63, 3.8) is 0 Å². The van der Waals surface area contributed by atoms with E-state index in [-0.39, 0.29) is 18.4 Å². The molecule has 0 saturated carbocycles. The largest absolute Gasteiger partial charge is 0.489 e. The van der Waals surface area contributed by atoms with Gasteiger partial charge in [0.15, 0.2) is 0 Å². The van der Waals surface area contributed by atoms with E-state index in [0.29, 0.717) is 19.6 Å². The van der Waals surface area contributed by atoms with Crippen molar-refractivity contribution in [3.05, 3.63) is 65.2 Å². The van der Waals surface area contributed by atoms with Gasteiger partial charge in [0, 0.05) is 13.2 Å². The molecular formula is C20H25NO3. The maximum atomic E-state index is 11.9. The summed E-state index contributed by atoms with van der Waals surface area (Å²) in [7, 11) is 0. The number of carbonyl (C=O) groups excluding carboxylic acids is 1. The molecule has 2 N–H and O–H groups in total. The van der Waals surface area contributed by atoms with E-state index >= 15 is 0 Å². The van der Waals surface area contributed by atoms with Gasteiger partial charge in [0.05, 0.1) is 6.42 Å². The van der Waals surface area contributed by atoms with Gasteiger partial charge >= 0.3 is 0 Å². The fourth-order valence-corrected chi connectivity index (χ4v) is 2.28. The molecule has 24 heavy (non-hydrogen) atoms. The number of carbonyl (C=O) groups is 1. The van der Waals surface area contributed by atoms with Gasteiger partial charge in [0.2, 0.25) is 5.91 Å². The predicted octanol–water partition coefficient (Wildman–Crippen LogP) is 2.86. The van der Waals surface area contributed by atoms with Crippen LogP contribution in [0.15, 0.2) is 48.5 Å². The van der Waals surface area contributed by atoms with Crippen LogP contribution in [0.2, 0.25) is 0 Å². The first-order valence-electron chi connectivity index (χ1n) is 8.22. The van der Waals surface area contributed by atoms with E-state index < -0.39 is 0 Å². The smallest absolute Gasteiger partial charge is 0.224 e. The van der Waals surface area contributed by atoms with Gasteiger partial charge in [0.1, 0.15) is 12.4 Å². The fourth-order valence-electron chi connectivity index (χ4n) is 2.28. The zero-order valence-corrected chi connectivity index (χ0v) is 14.3. The maximum Gasteiger partial charge on any atom is 0.224 e. The maximum absolute atomic E-state index is 11.9. The third-order valence-corrected chi connectivity index (χ3v) is 3.88. The molecule has 0 spiro atoms. The Hall–Kier alpha value is -2.33. The number of aryl methyl sites for hydroxylation is 1. The molecule has 4 nitrogen and oxygen atoms in total. The summed E-state index contributed by atoms with van der Waals surface area (Å²) in [6.07, 6.45) is 0.305. The highest BCUT2D eigenvalue weighted by Crippen LogP contribution is 2.17. The van der Waals surface area contributed by atoms with E-state index in [1.165, 1.54) is 5.56 Å². The number of aliphatic hydroxyl groups excluding tert-OH is 1. The Morgan fingerprint density at radius 2 is 2.00 bits per heavy atom. The molecule has 128 valence electrons. The first kappa shape index (κ1) is 18.0. The van der Waals surface area contributed by atoms with Gasteiger partial charge < -0.3 is 15.2 Å². The van der Waals surface area contributed by atoms with Crippen molar-refractivity contribution in [2.45, 2.75) is 26.9 Å². The van der Waals surface area contributed by atoms with Gasteiger partial charge in [-0.2, -0.15) is 0 Å². The van der Waals surface area contributed by atoms with Crippen LogP contribution in [0, 0.1) is 12.8 Å². The molecule has 0 aliphatic heterocycles.